The van der Waals surface area contributed by atoms with Crippen LogP contribution in [0.25, 0.3) is 22.1 Å². The molecular weight excluding hydrogens is 600 g/mol. The van der Waals surface area contributed by atoms with Crippen molar-refractivity contribution in [3.05, 3.63) is 48.0 Å². The fourth-order valence-corrected chi connectivity index (χ4v) is 5.78. The Morgan fingerprint density at radius 3 is 1.89 bits per heavy atom. The monoisotopic (exact) mass is 644 g/mol. The van der Waals surface area contributed by atoms with E-state index in [9.17, 15) is 15.0 Å². The van der Waals surface area contributed by atoms with Gasteiger partial charge in [-0.1, -0.05) is 0 Å². The van der Waals surface area contributed by atoms with E-state index in [1.165, 1.54) is 0 Å². The third kappa shape index (κ3) is 9.08. The Kier molecular flexibility index (Phi) is 12.8. The van der Waals surface area contributed by atoms with Gasteiger partial charge in [0.2, 0.25) is 0 Å². The van der Waals surface area contributed by atoms with E-state index >= 15 is 0 Å². The van der Waals surface area contributed by atoms with Crippen LogP contribution in [0.5, 0.6) is 0 Å². The van der Waals surface area contributed by atoms with Crippen molar-refractivity contribution >= 4 is 51.0 Å². The average molecular weight is 645 g/mol. The molecule has 0 radical (unpaired) electrons. The molecule has 2 heterocycles. The number of aliphatic hydroxyl groups is 4. The van der Waals surface area contributed by atoms with Gasteiger partial charge in [-0.2, -0.15) is 0 Å². The number of carbonyl (C=O) groups excluding carboxylic acids is 1. The van der Waals surface area contributed by atoms with Gasteiger partial charge in [0.15, 0.2) is 6.29 Å². The number of ether oxygens (including phenoxy) is 1. The van der Waals surface area contributed by atoms with Crippen molar-refractivity contribution in [3.8, 4) is 0 Å². The Balaban J connectivity index is 1.28. The number of rotatable bonds is 19. The fourth-order valence-electron chi connectivity index (χ4n) is 5.58. The molecule has 0 amide bonds. The molecule has 0 aliphatic rings. The number of aliphatic hydroxyl groups excluding tert-OH is 3. The van der Waals surface area contributed by atoms with Gasteiger partial charge in [-0.3, -0.25) is 4.79 Å². The van der Waals surface area contributed by atoms with Crippen molar-refractivity contribution in [2.45, 2.75) is 44.8 Å². The Hall–Kier alpha value is -3.42. The van der Waals surface area contributed by atoms with Crippen LogP contribution in [0.1, 0.15) is 37.3 Å². The maximum absolute atomic E-state index is 12.6. The van der Waals surface area contributed by atoms with Gasteiger partial charge in [-0.15, -0.1) is 11.6 Å². The quantitative estimate of drug-likeness (QED) is 0.0681. The van der Waals surface area contributed by atoms with Crippen LogP contribution in [0.4, 0.5) is 11.4 Å². The lowest BCUT2D eigenvalue weighted by molar-refractivity contribution is -0.143. The zero-order valence-electron chi connectivity index (χ0n) is 26.1. The molecule has 0 bridgehead atoms. The van der Waals surface area contributed by atoms with E-state index in [0.717, 1.165) is 45.1 Å². The lowest BCUT2D eigenvalue weighted by atomic mass is 10.2. The summed E-state index contributed by atoms with van der Waals surface area (Å²) in [7, 11) is 3.91. The molecule has 4 N–H and O–H groups in total. The lowest BCUT2D eigenvalue weighted by Crippen LogP contribution is -2.31. The molecule has 0 atom stereocenters. The Morgan fingerprint density at radius 2 is 1.38 bits per heavy atom. The third-order valence-electron chi connectivity index (χ3n) is 8.01. The topological polar surface area (TPSA) is 149 Å². The predicted octanol–water partition coefficient (Wildman–Crippen LogP) is 2.50. The number of halogens is 1. The molecule has 45 heavy (non-hydrogen) atoms. The number of hydrogen-bond donors (Lipinski definition) is 4. The van der Waals surface area contributed by atoms with Crippen molar-refractivity contribution < 1.29 is 30.0 Å². The maximum atomic E-state index is 12.6. The van der Waals surface area contributed by atoms with Crippen LogP contribution in [-0.4, -0.2) is 104 Å². The predicted molar refractivity (Wildman–Crippen MR) is 176 cm³/mol. The third-order valence-corrected chi connectivity index (χ3v) is 8.18. The molecule has 2 aromatic heterocycles. The number of anilines is 2. The van der Waals surface area contributed by atoms with Crippen LogP contribution in [0, 0.1) is 0 Å². The minimum absolute atomic E-state index is 0.0422. The molecule has 12 nitrogen and oxygen atoms in total. The highest BCUT2D eigenvalue weighted by Crippen LogP contribution is 2.25. The second kappa shape index (κ2) is 16.8. The molecule has 2 aromatic carbocycles. The molecule has 13 heteroatoms. The van der Waals surface area contributed by atoms with Crippen LogP contribution < -0.4 is 9.80 Å². The standard InChI is InChI=1S/C32H45ClN6O6/c1-36-28-12-10-24(22-26(28)34-29(36)5-3-7-31(42)43)39(16-19-41)17-20-45-32(44)8-4-6-30-35-25-21-23(9-11-27(25)37(30)2)38(14-13-33)15-18-40/h9-12,21-22,31,40-43H,3-8,13-20H2,1-2H3. The molecule has 0 aliphatic heterocycles. The summed E-state index contributed by atoms with van der Waals surface area (Å²) in [5.74, 6) is 1.93. The molecule has 4 aromatic rings. The highest BCUT2D eigenvalue weighted by molar-refractivity contribution is 6.18. The highest BCUT2D eigenvalue weighted by Gasteiger charge is 2.15. The highest BCUT2D eigenvalue weighted by atomic mass is 35.5. The van der Waals surface area contributed by atoms with Crippen molar-refractivity contribution in [2.24, 2.45) is 14.1 Å². The van der Waals surface area contributed by atoms with E-state index in [4.69, 9.17) is 36.5 Å². The van der Waals surface area contributed by atoms with Crippen LogP contribution >= 0.6 is 11.6 Å². The van der Waals surface area contributed by atoms with E-state index in [1.807, 2.05) is 69.4 Å². The Morgan fingerprint density at radius 1 is 0.844 bits per heavy atom. The second-order valence-electron chi connectivity index (χ2n) is 11.1. The van der Waals surface area contributed by atoms with Crippen LogP contribution in [-0.2, 0) is 36.5 Å². The summed E-state index contributed by atoms with van der Waals surface area (Å²) in [5, 5.41) is 37.3. The zero-order chi connectivity index (χ0) is 32.3. The Bertz CT molecular complexity index is 1530. The minimum atomic E-state index is -1.32. The van der Waals surface area contributed by atoms with Gasteiger partial charge in [0.1, 0.15) is 18.3 Å². The van der Waals surface area contributed by atoms with Crippen molar-refractivity contribution in [1.82, 2.24) is 19.1 Å². The van der Waals surface area contributed by atoms with E-state index in [1.54, 1.807) is 0 Å². The summed E-state index contributed by atoms with van der Waals surface area (Å²) in [4.78, 5) is 26.1. The number of hydrogen-bond acceptors (Lipinski definition) is 10. The molecule has 0 fully saturated rings. The van der Waals surface area contributed by atoms with E-state index in [-0.39, 0.29) is 32.2 Å². The molecular formula is C32H45ClN6O6. The van der Waals surface area contributed by atoms with Gasteiger partial charge in [0.05, 0.1) is 41.8 Å². The second-order valence-corrected chi connectivity index (χ2v) is 11.5. The van der Waals surface area contributed by atoms with E-state index in [2.05, 4.69) is 0 Å². The molecule has 4 rings (SSSR count). The first kappa shape index (κ1) is 34.5. The number of benzene rings is 2. The van der Waals surface area contributed by atoms with Crippen LogP contribution in [0.3, 0.4) is 0 Å². The smallest absolute Gasteiger partial charge is 0.305 e. The minimum Gasteiger partial charge on any atom is -0.464 e. The zero-order valence-corrected chi connectivity index (χ0v) is 26.9. The molecule has 0 saturated heterocycles. The summed E-state index contributed by atoms with van der Waals surface area (Å²) in [6, 6.07) is 11.9. The Labute approximate surface area is 268 Å². The van der Waals surface area contributed by atoms with Gasteiger partial charge in [0, 0.05) is 70.2 Å². The molecule has 246 valence electrons. The summed E-state index contributed by atoms with van der Waals surface area (Å²) >= 11 is 5.94. The van der Waals surface area contributed by atoms with Crippen LogP contribution in [0.2, 0.25) is 0 Å². The van der Waals surface area contributed by atoms with E-state index in [0.29, 0.717) is 64.2 Å². The summed E-state index contributed by atoms with van der Waals surface area (Å²) in [6.07, 6.45) is 1.71. The molecule has 0 aliphatic carbocycles. The summed E-state index contributed by atoms with van der Waals surface area (Å²) in [6.45, 7) is 2.13. The van der Waals surface area contributed by atoms with Crippen LogP contribution in [0.15, 0.2) is 36.4 Å². The van der Waals surface area contributed by atoms with Gasteiger partial charge in [-0.25, -0.2) is 9.97 Å². The molecule has 0 spiro atoms. The number of fused-ring (bicyclic) bond motifs is 2. The first-order valence-electron chi connectivity index (χ1n) is 15.5. The number of alkyl halides is 1. The van der Waals surface area contributed by atoms with Crippen molar-refractivity contribution in [3.63, 3.8) is 0 Å². The largest absolute Gasteiger partial charge is 0.464 e. The summed E-state index contributed by atoms with van der Waals surface area (Å²) in [5.41, 5.74) is 5.46. The number of imidazole rings is 2. The first-order valence-corrected chi connectivity index (χ1v) is 16.0. The summed E-state index contributed by atoms with van der Waals surface area (Å²) < 4.78 is 9.58. The van der Waals surface area contributed by atoms with Crippen molar-refractivity contribution in [1.29, 1.82) is 0 Å². The molecule has 0 unspecified atom stereocenters. The van der Waals surface area contributed by atoms with Crippen molar-refractivity contribution in [2.75, 3.05) is 61.7 Å². The van der Waals surface area contributed by atoms with Gasteiger partial charge < -0.3 is 44.1 Å². The number of aromatic nitrogens is 4. The first-order chi connectivity index (χ1) is 21.7. The number of aryl methyl sites for hydroxylation is 4. The van der Waals surface area contributed by atoms with Gasteiger partial charge in [-0.05, 0) is 55.7 Å². The number of esters is 1. The lowest BCUT2D eigenvalue weighted by Gasteiger charge is -2.23. The van der Waals surface area contributed by atoms with Gasteiger partial charge in [0.25, 0.3) is 0 Å². The fraction of sp³-hybridized carbons (Fsp3) is 0.531. The maximum Gasteiger partial charge on any atom is 0.305 e. The van der Waals surface area contributed by atoms with Gasteiger partial charge >= 0.3 is 5.97 Å². The SMILES string of the molecule is Cn1c(CCCC(=O)OCCN(CCO)c2ccc3c(c2)nc(CCCC(O)O)n3C)nc2cc(N(CCO)CCCl)ccc21. The number of nitrogens with zero attached hydrogens (tertiary/aromatic N) is 6. The normalized spacial score (nSPS) is 11.6. The molecule has 0 saturated carbocycles. The number of carbonyl (C=O) groups is 1. The average Bonchev–Trinajstić information content (AvgIpc) is 3.50. The van der Waals surface area contributed by atoms with E-state index < -0.39 is 6.29 Å².